The Bertz CT molecular complexity index is 1240. The fourth-order valence-electron chi connectivity index (χ4n) is 3.28. The molecule has 2 heterocycles. The fraction of sp³-hybridized carbons (Fsp3) is 0.238. The molecule has 1 aliphatic heterocycles. The normalized spacial score (nSPS) is 14.2. The molecule has 32 heavy (non-hydrogen) atoms. The Labute approximate surface area is 190 Å². The number of aryl methyl sites for hydroxylation is 1. The van der Waals surface area contributed by atoms with E-state index in [2.05, 4.69) is 15.2 Å². The van der Waals surface area contributed by atoms with Gasteiger partial charge in [0.15, 0.2) is 0 Å². The highest BCUT2D eigenvalue weighted by Crippen LogP contribution is 2.32. The molecular formula is C21H21ClN4O5S. The van der Waals surface area contributed by atoms with Crippen molar-refractivity contribution < 1.29 is 22.5 Å². The second kappa shape index (κ2) is 9.19. The number of sulfonamides is 1. The maximum Gasteiger partial charge on any atom is 0.294 e. The van der Waals surface area contributed by atoms with Crippen molar-refractivity contribution in [3.63, 3.8) is 0 Å². The Morgan fingerprint density at radius 2 is 1.88 bits per heavy atom. The molecule has 0 spiro atoms. The molecule has 9 nitrogen and oxygen atoms in total. The van der Waals surface area contributed by atoms with Gasteiger partial charge in [0.05, 0.1) is 35.3 Å². The summed E-state index contributed by atoms with van der Waals surface area (Å²) in [5.74, 6) is -0.509. The lowest BCUT2D eigenvalue weighted by atomic mass is 10.2. The van der Waals surface area contributed by atoms with Crippen molar-refractivity contribution in [3.8, 4) is 0 Å². The Kier molecular flexibility index (Phi) is 6.35. The van der Waals surface area contributed by atoms with E-state index in [1.165, 1.54) is 12.1 Å². The van der Waals surface area contributed by atoms with Gasteiger partial charge < -0.3 is 19.5 Å². The predicted molar refractivity (Wildman–Crippen MR) is 121 cm³/mol. The number of halogens is 1. The number of anilines is 3. The lowest BCUT2D eigenvalue weighted by Gasteiger charge is -2.30. The lowest BCUT2D eigenvalue weighted by molar-refractivity contribution is 0.0988. The summed E-state index contributed by atoms with van der Waals surface area (Å²) in [4.78, 5) is 14.4. The van der Waals surface area contributed by atoms with Gasteiger partial charge >= 0.3 is 0 Å². The molecule has 2 aromatic carbocycles. The van der Waals surface area contributed by atoms with Crippen molar-refractivity contribution >= 4 is 44.6 Å². The topological polar surface area (TPSA) is 114 Å². The van der Waals surface area contributed by atoms with Crippen LogP contribution in [-0.2, 0) is 14.8 Å². The zero-order valence-corrected chi connectivity index (χ0v) is 18.7. The van der Waals surface area contributed by atoms with Crippen LogP contribution in [0.15, 0.2) is 57.9 Å². The van der Waals surface area contributed by atoms with E-state index < -0.39 is 15.9 Å². The number of nitrogens with zero attached hydrogens (tertiary/aromatic N) is 2. The minimum absolute atomic E-state index is 0.00544. The maximum absolute atomic E-state index is 13.4. The predicted octanol–water partition coefficient (Wildman–Crippen LogP) is 3.53. The maximum atomic E-state index is 13.4. The van der Waals surface area contributed by atoms with Crippen LogP contribution in [0, 0.1) is 6.92 Å². The van der Waals surface area contributed by atoms with Crippen LogP contribution in [0.25, 0.3) is 0 Å². The molecule has 1 amide bonds. The van der Waals surface area contributed by atoms with Crippen molar-refractivity contribution in [1.82, 2.24) is 5.16 Å². The highest BCUT2D eigenvalue weighted by molar-refractivity contribution is 7.93. The first-order valence-corrected chi connectivity index (χ1v) is 11.7. The average molecular weight is 477 g/mol. The molecule has 0 atom stereocenters. The molecule has 11 heteroatoms. The van der Waals surface area contributed by atoms with E-state index in [-0.39, 0.29) is 21.4 Å². The van der Waals surface area contributed by atoms with E-state index in [1.807, 2.05) is 4.90 Å². The molecular weight excluding hydrogens is 456 g/mol. The first-order chi connectivity index (χ1) is 15.3. The van der Waals surface area contributed by atoms with Crippen LogP contribution in [0.3, 0.4) is 0 Å². The number of rotatable bonds is 6. The van der Waals surface area contributed by atoms with Crippen LogP contribution in [-0.4, -0.2) is 45.8 Å². The number of amides is 1. The SMILES string of the molecule is Cc1cc(C(=O)Nc2ccc(N3CCOCC3)c(S(=O)(=O)Nc3ccccc3Cl)c2)on1. The van der Waals surface area contributed by atoms with Gasteiger partial charge in [-0.3, -0.25) is 9.52 Å². The summed E-state index contributed by atoms with van der Waals surface area (Å²) in [6, 6.07) is 12.8. The van der Waals surface area contributed by atoms with E-state index in [0.29, 0.717) is 43.4 Å². The molecule has 168 valence electrons. The Balaban J connectivity index is 1.70. The standard InChI is InChI=1S/C21H21ClN4O5S/c1-14-12-19(31-24-14)21(27)23-15-6-7-18(26-8-10-30-11-9-26)20(13-15)32(28,29)25-17-5-3-2-4-16(17)22/h2-7,12-13,25H,8-11H2,1H3,(H,23,27). The molecule has 0 saturated carbocycles. The second-order valence-electron chi connectivity index (χ2n) is 7.15. The number of hydrogen-bond donors (Lipinski definition) is 2. The summed E-state index contributed by atoms with van der Waals surface area (Å²) < 4.78 is 39.6. The van der Waals surface area contributed by atoms with Crippen molar-refractivity contribution in [3.05, 3.63) is 65.0 Å². The molecule has 1 aromatic heterocycles. The number of aromatic nitrogens is 1. The Morgan fingerprint density at radius 1 is 1.12 bits per heavy atom. The molecule has 0 aliphatic carbocycles. The highest BCUT2D eigenvalue weighted by atomic mass is 35.5. The van der Waals surface area contributed by atoms with Crippen molar-refractivity contribution in [1.29, 1.82) is 0 Å². The molecule has 3 aromatic rings. The molecule has 1 saturated heterocycles. The molecule has 2 N–H and O–H groups in total. The van der Waals surface area contributed by atoms with Gasteiger partial charge in [0.2, 0.25) is 5.76 Å². The Hall–Kier alpha value is -3.08. The molecule has 0 unspecified atom stereocenters. The van der Waals surface area contributed by atoms with Gasteiger partial charge in [-0.1, -0.05) is 28.9 Å². The number of benzene rings is 2. The number of hydrogen-bond acceptors (Lipinski definition) is 7. The Morgan fingerprint density at radius 3 is 2.56 bits per heavy atom. The van der Waals surface area contributed by atoms with Crippen molar-refractivity contribution in [2.45, 2.75) is 11.8 Å². The van der Waals surface area contributed by atoms with Crippen LogP contribution in [0.1, 0.15) is 16.2 Å². The van der Waals surface area contributed by atoms with E-state index in [1.54, 1.807) is 43.3 Å². The number of morpholine rings is 1. The first kappa shape index (κ1) is 22.1. The van der Waals surface area contributed by atoms with E-state index in [4.69, 9.17) is 20.9 Å². The van der Waals surface area contributed by atoms with Gasteiger partial charge in [-0.25, -0.2) is 8.42 Å². The van der Waals surface area contributed by atoms with E-state index in [0.717, 1.165) is 0 Å². The zero-order chi connectivity index (χ0) is 22.7. The minimum Gasteiger partial charge on any atom is -0.378 e. The quantitative estimate of drug-likeness (QED) is 0.559. The zero-order valence-electron chi connectivity index (χ0n) is 17.2. The largest absolute Gasteiger partial charge is 0.378 e. The van der Waals surface area contributed by atoms with Gasteiger partial charge in [-0.2, -0.15) is 0 Å². The molecule has 0 bridgehead atoms. The number of ether oxygens (including phenoxy) is 1. The van der Waals surface area contributed by atoms with Crippen LogP contribution in [0.4, 0.5) is 17.1 Å². The first-order valence-electron chi connectivity index (χ1n) is 9.82. The third-order valence-electron chi connectivity index (χ3n) is 4.83. The van der Waals surface area contributed by atoms with E-state index >= 15 is 0 Å². The van der Waals surface area contributed by atoms with Gasteiger partial charge in [-0.15, -0.1) is 0 Å². The number of carbonyl (C=O) groups excluding carboxylic acids is 1. The van der Waals surface area contributed by atoms with Gasteiger partial charge in [0, 0.05) is 24.8 Å². The fourth-order valence-corrected chi connectivity index (χ4v) is 4.85. The van der Waals surface area contributed by atoms with Crippen LogP contribution < -0.4 is 14.9 Å². The summed E-state index contributed by atoms with van der Waals surface area (Å²) in [5.41, 5.74) is 1.61. The smallest absolute Gasteiger partial charge is 0.294 e. The van der Waals surface area contributed by atoms with Gasteiger partial charge in [0.1, 0.15) is 4.90 Å². The third-order valence-corrected chi connectivity index (χ3v) is 6.55. The van der Waals surface area contributed by atoms with E-state index in [9.17, 15) is 13.2 Å². The summed E-state index contributed by atoms with van der Waals surface area (Å²) in [6.45, 7) is 3.75. The van der Waals surface area contributed by atoms with Crippen LogP contribution in [0.2, 0.25) is 5.02 Å². The molecule has 0 radical (unpaired) electrons. The summed E-state index contributed by atoms with van der Waals surface area (Å²) >= 11 is 6.15. The van der Waals surface area contributed by atoms with Crippen LogP contribution >= 0.6 is 11.6 Å². The monoisotopic (exact) mass is 476 g/mol. The lowest BCUT2D eigenvalue weighted by Crippen LogP contribution is -2.37. The van der Waals surface area contributed by atoms with Gasteiger partial charge in [-0.05, 0) is 37.3 Å². The average Bonchev–Trinajstić information content (AvgIpc) is 3.22. The molecule has 1 aliphatic rings. The third kappa shape index (κ3) is 4.87. The van der Waals surface area contributed by atoms with Crippen molar-refractivity contribution in [2.75, 3.05) is 41.2 Å². The van der Waals surface area contributed by atoms with Gasteiger partial charge in [0.25, 0.3) is 15.9 Å². The van der Waals surface area contributed by atoms with Crippen molar-refractivity contribution in [2.24, 2.45) is 0 Å². The number of para-hydroxylation sites is 1. The minimum atomic E-state index is -4.04. The molecule has 4 rings (SSSR count). The number of carbonyl (C=O) groups is 1. The second-order valence-corrected chi connectivity index (χ2v) is 9.21. The van der Waals surface area contributed by atoms with Crippen LogP contribution in [0.5, 0.6) is 0 Å². The molecule has 1 fully saturated rings. The summed E-state index contributed by atoms with van der Waals surface area (Å²) in [7, 11) is -4.04. The number of nitrogens with one attached hydrogen (secondary N) is 2. The summed E-state index contributed by atoms with van der Waals surface area (Å²) in [6.07, 6.45) is 0. The summed E-state index contributed by atoms with van der Waals surface area (Å²) in [5, 5.41) is 6.62. The highest BCUT2D eigenvalue weighted by Gasteiger charge is 2.25.